The number of thiophene rings is 2. The summed E-state index contributed by atoms with van der Waals surface area (Å²) in [6.07, 6.45) is 5.18. The summed E-state index contributed by atoms with van der Waals surface area (Å²) in [5, 5.41) is 6.17. The van der Waals surface area contributed by atoms with Gasteiger partial charge in [-0.25, -0.2) is 4.98 Å². The Kier molecular flexibility index (Phi) is 11.6. The second-order valence-electron chi connectivity index (χ2n) is 10.9. The van der Waals surface area contributed by atoms with Gasteiger partial charge < -0.3 is 20.5 Å². The van der Waals surface area contributed by atoms with Crippen LogP contribution in [0.2, 0.25) is 0 Å². The minimum atomic E-state index is -0.103. The van der Waals surface area contributed by atoms with Crippen LogP contribution in [-0.4, -0.2) is 64.8 Å². The molecule has 0 saturated carbocycles. The normalized spacial score (nSPS) is 11.9. The number of carbonyl (C=O) groups excluding carboxylic acids is 2. The molecule has 3 aromatic heterocycles. The number of H-pyrrole nitrogens is 1. The first-order valence-corrected chi connectivity index (χ1v) is 16.7. The number of imidazole rings is 1. The zero-order valence-electron chi connectivity index (χ0n) is 26.0. The molecular weight excluding hydrogens is 577 g/mol. The van der Waals surface area contributed by atoms with Gasteiger partial charge in [0.1, 0.15) is 5.82 Å². The van der Waals surface area contributed by atoms with Crippen molar-refractivity contribution in [2.24, 2.45) is 0 Å². The van der Waals surface area contributed by atoms with Crippen molar-refractivity contribution in [3.63, 3.8) is 0 Å². The first kappa shape index (κ1) is 32.4. The molecule has 2 amide bonds. The lowest BCUT2D eigenvalue weighted by Gasteiger charge is -2.24. The minimum Gasteiger partial charge on any atom is -0.357 e. The Morgan fingerprint density at radius 3 is 2.51 bits per heavy atom. The maximum Gasteiger partial charge on any atom is 0.242 e. The molecule has 0 unspecified atom stereocenters. The molecule has 0 aliphatic heterocycles. The van der Waals surface area contributed by atoms with Crippen molar-refractivity contribution < 1.29 is 9.59 Å². The average molecular weight is 621 g/mol. The van der Waals surface area contributed by atoms with Crippen LogP contribution in [0, 0.1) is 0 Å². The molecule has 8 nitrogen and oxygen atoms in total. The van der Waals surface area contributed by atoms with Crippen LogP contribution in [0.3, 0.4) is 0 Å². The molecule has 4 rings (SSSR count). The molecule has 3 heterocycles. The number of nitrogens with one attached hydrogen (secondary N) is 3. The number of hydrogen-bond donors (Lipinski definition) is 3. The number of allylic oxidation sites excluding steroid dienone is 1. The molecule has 4 aromatic rings. The van der Waals surface area contributed by atoms with E-state index in [0.29, 0.717) is 19.5 Å². The van der Waals surface area contributed by atoms with Crippen molar-refractivity contribution in [3.8, 4) is 10.4 Å². The second-order valence-corrected chi connectivity index (χ2v) is 13.0. The van der Waals surface area contributed by atoms with Crippen molar-refractivity contribution in [1.29, 1.82) is 0 Å². The summed E-state index contributed by atoms with van der Waals surface area (Å²) in [5.74, 6) is 0.797. The van der Waals surface area contributed by atoms with E-state index in [-0.39, 0.29) is 18.4 Å². The van der Waals surface area contributed by atoms with Crippen LogP contribution in [0.1, 0.15) is 64.1 Å². The van der Waals surface area contributed by atoms with Gasteiger partial charge in [0.2, 0.25) is 11.8 Å². The quantitative estimate of drug-likeness (QED) is 0.126. The number of carbonyl (C=O) groups is 2. The van der Waals surface area contributed by atoms with Crippen molar-refractivity contribution in [3.05, 3.63) is 59.4 Å². The van der Waals surface area contributed by atoms with Crippen molar-refractivity contribution >= 4 is 60.6 Å². The van der Waals surface area contributed by atoms with Crippen LogP contribution >= 0.6 is 22.7 Å². The highest BCUT2D eigenvalue weighted by Gasteiger charge is 2.17. The van der Waals surface area contributed by atoms with Gasteiger partial charge in [-0.05, 0) is 69.6 Å². The number of fused-ring (bicyclic) bond motifs is 2. The van der Waals surface area contributed by atoms with Gasteiger partial charge in [-0.15, -0.1) is 22.7 Å². The summed E-state index contributed by atoms with van der Waals surface area (Å²) < 4.78 is 2.47. The molecule has 3 N–H and O–H groups in total. The van der Waals surface area contributed by atoms with E-state index in [1.165, 1.54) is 19.8 Å². The SMILES string of the molecule is C=C(CN(CCC)C(=O)CNC(=O)CCC)N/C(=C\C)c1cc2sc(-c3ccc4nc(CN(C)CCC)[nH]c4c3)cc2s1. The Bertz CT molecular complexity index is 1570. The van der Waals surface area contributed by atoms with E-state index in [0.717, 1.165) is 65.5 Å². The Hall–Kier alpha value is -3.47. The molecule has 230 valence electrons. The second kappa shape index (κ2) is 15.3. The molecule has 1 aromatic carbocycles. The Morgan fingerprint density at radius 1 is 1.05 bits per heavy atom. The van der Waals surface area contributed by atoms with Gasteiger partial charge in [0.05, 0.1) is 41.2 Å². The molecule has 10 heteroatoms. The van der Waals surface area contributed by atoms with Gasteiger partial charge in [0.15, 0.2) is 0 Å². The predicted octanol–water partition coefficient (Wildman–Crippen LogP) is 6.97. The monoisotopic (exact) mass is 620 g/mol. The highest BCUT2D eigenvalue weighted by atomic mass is 32.1. The number of aromatic nitrogens is 2. The molecule has 0 radical (unpaired) electrons. The fourth-order valence-electron chi connectivity index (χ4n) is 5.02. The van der Waals surface area contributed by atoms with Gasteiger partial charge in [-0.2, -0.15) is 0 Å². The number of nitrogens with zero attached hydrogens (tertiary/aromatic N) is 3. The molecule has 43 heavy (non-hydrogen) atoms. The molecule has 0 fully saturated rings. The number of rotatable bonds is 16. The van der Waals surface area contributed by atoms with E-state index in [2.05, 4.69) is 71.4 Å². The van der Waals surface area contributed by atoms with Gasteiger partial charge in [0, 0.05) is 32.9 Å². The van der Waals surface area contributed by atoms with Crippen molar-refractivity contribution in [2.75, 3.05) is 33.2 Å². The van der Waals surface area contributed by atoms with E-state index in [1.54, 1.807) is 27.6 Å². The standard InChI is InChI=1S/C33H44N6O2S2/c1-7-11-32(40)34-19-33(41)39(15-9-3)20-22(5)35-24(10-4)28-18-30-29(43-28)17-27(42-30)23-12-13-25-26(16-23)37-31(36-25)21-38(6)14-8-2/h10,12-13,16-18,35H,5,7-9,11,14-15,19-21H2,1-4,6H3,(H,34,40)(H,36,37)/b24-10-. The number of aromatic amines is 1. The maximum absolute atomic E-state index is 12.8. The summed E-state index contributed by atoms with van der Waals surface area (Å²) in [5.41, 5.74) is 4.95. The van der Waals surface area contributed by atoms with Gasteiger partial charge >= 0.3 is 0 Å². The topological polar surface area (TPSA) is 93.4 Å². The highest BCUT2D eigenvalue weighted by Crippen LogP contribution is 2.40. The van der Waals surface area contributed by atoms with E-state index in [9.17, 15) is 9.59 Å². The molecule has 0 aliphatic carbocycles. The summed E-state index contributed by atoms with van der Waals surface area (Å²) >= 11 is 3.53. The molecule has 0 atom stereocenters. The third-order valence-corrected chi connectivity index (χ3v) is 9.43. The molecule has 0 aliphatic rings. The zero-order valence-corrected chi connectivity index (χ0v) is 27.6. The lowest BCUT2D eigenvalue weighted by atomic mass is 10.1. The van der Waals surface area contributed by atoms with E-state index >= 15 is 0 Å². The van der Waals surface area contributed by atoms with E-state index in [4.69, 9.17) is 4.98 Å². The van der Waals surface area contributed by atoms with Crippen molar-refractivity contribution in [2.45, 2.75) is 59.9 Å². The summed E-state index contributed by atoms with van der Waals surface area (Å²) in [7, 11) is 2.12. The number of hydrogen-bond acceptors (Lipinski definition) is 7. The van der Waals surface area contributed by atoms with Gasteiger partial charge in [-0.3, -0.25) is 14.5 Å². The molecule has 0 saturated heterocycles. The Morgan fingerprint density at radius 2 is 1.81 bits per heavy atom. The fourth-order valence-corrected chi connectivity index (χ4v) is 7.44. The number of benzene rings is 1. The third-order valence-electron chi connectivity index (χ3n) is 7.05. The van der Waals surface area contributed by atoms with Crippen LogP contribution in [0.4, 0.5) is 0 Å². The fraction of sp³-hybridized carbons (Fsp3) is 0.424. The summed E-state index contributed by atoms with van der Waals surface area (Å²) in [6, 6.07) is 10.9. The lowest BCUT2D eigenvalue weighted by Crippen LogP contribution is -2.42. The Labute approximate surface area is 262 Å². The largest absolute Gasteiger partial charge is 0.357 e. The molecule has 0 bridgehead atoms. The molecular formula is C33H44N6O2S2. The summed E-state index contributed by atoms with van der Waals surface area (Å²) in [4.78, 5) is 39.3. The first-order valence-electron chi connectivity index (χ1n) is 15.1. The van der Waals surface area contributed by atoms with Crippen LogP contribution in [0.15, 0.2) is 48.7 Å². The number of amides is 2. The zero-order chi connectivity index (χ0) is 30.9. The highest BCUT2D eigenvalue weighted by molar-refractivity contribution is 7.30. The van der Waals surface area contributed by atoms with Crippen molar-refractivity contribution in [1.82, 2.24) is 30.4 Å². The van der Waals surface area contributed by atoms with Crippen LogP contribution in [-0.2, 0) is 16.1 Å². The molecule has 0 spiro atoms. The Balaban J connectivity index is 1.41. The third kappa shape index (κ3) is 8.55. The van der Waals surface area contributed by atoms with E-state index < -0.39 is 0 Å². The maximum atomic E-state index is 12.8. The smallest absolute Gasteiger partial charge is 0.242 e. The van der Waals surface area contributed by atoms with Gasteiger partial charge in [-0.1, -0.05) is 39.5 Å². The van der Waals surface area contributed by atoms with Gasteiger partial charge in [0.25, 0.3) is 0 Å². The first-order chi connectivity index (χ1) is 20.7. The average Bonchev–Trinajstić information content (AvgIpc) is 3.67. The minimum absolute atomic E-state index is 0.0108. The van der Waals surface area contributed by atoms with Crippen LogP contribution in [0.5, 0.6) is 0 Å². The summed E-state index contributed by atoms with van der Waals surface area (Å²) in [6.45, 7) is 15.2. The van der Waals surface area contributed by atoms with E-state index in [1.807, 2.05) is 26.8 Å². The lowest BCUT2D eigenvalue weighted by molar-refractivity contribution is -0.132. The predicted molar refractivity (Wildman–Crippen MR) is 182 cm³/mol. The van der Waals surface area contributed by atoms with Crippen LogP contribution < -0.4 is 10.6 Å². The van der Waals surface area contributed by atoms with Crippen LogP contribution in [0.25, 0.3) is 36.6 Å².